The Morgan fingerprint density at radius 2 is 0.687 bits per heavy atom. The summed E-state index contributed by atoms with van der Waals surface area (Å²) in [6.45, 7) is 6.04. The maximum Gasteiger partial charge on any atom is 0.335 e. The Morgan fingerprint density at radius 3 is 1.02 bits per heavy atom. The third-order valence-corrected chi connectivity index (χ3v) is 16.2. The summed E-state index contributed by atoms with van der Waals surface area (Å²) >= 11 is 0. The number of hydrogen-bond acceptors (Lipinski definition) is 11. The van der Waals surface area contributed by atoms with Gasteiger partial charge in [0.05, 0.1) is 6.61 Å². The first-order chi connectivity index (χ1) is 40.6. The Labute approximate surface area is 508 Å². The number of hydrogen-bond donors (Lipinski definition) is 3. The van der Waals surface area contributed by atoms with Gasteiger partial charge < -0.3 is 39.0 Å². The summed E-state index contributed by atoms with van der Waals surface area (Å²) in [7, 11) is 0. The molecule has 0 radical (unpaired) electrons. The molecule has 6 atom stereocenters. The predicted octanol–water partition coefficient (Wildman–Crippen LogP) is 19.1. The zero-order valence-electron chi connectivity index (χ0n) is 53.7. The van der Waals surface area contributed by atoms with E-state index < -0.39 is 67.3 Å². The standard InChI is InChI=1S/C71H128O12/c1-4-7-10-13-16-19-22-25-28-30-32-34-37-39-42-45-48-51-54-57-63(72)79-60-62(81-64(73)58-55-52-49-46-43-41-38-35-33-31-29-26-23-20-17-14-11-8-5-2)61-80-71-69(67(76)66(75)68(83-71)70(77)78)82-65(74)59-56-53-50-47-44-40-36-27-24-21-18-15-12-9-6-3/h25-29,36,62,66-69,71,75-76H,4-24,30-35,37-61H2,1-3H3,(H,77,78)/b28-25-,29-26-,36-27-. The Balaban J connectivity index is 2.63. The smallest absolute Gasteiger partial charge is 0.335 e. The molecular weight excluding hydrogens is 1040 g/mol. The van der Waals surface area contributed by atoms with Crippen LogP contribution in [-0.4, -0.2) is 89.2 Å². The summed E-state index contributed by atoms with van der Waals surface area (Å²) in [6.07, 6.45) is 59.5. The summed E-state index contributed by atoms with van der Waals surface area (Å²) < 4.78 is 28.6. The van der Waals surface area contributed by atoms with E-state index in [9.17, 15) is 34.5 Å². The lowest BCUT2D eigenvalue weighted by Crippen LogP contribution is -2.61. The number of carboxylic acid groups (broad SMARTS) is 1. The zero-order chi connectivity index (χ0) is 60.3. The second kappa shape index (κ2) is 59.3. The lowest BCUT2D eigenvalue weighted by Gasteiger charge is -2.40. The van der Waals surface area contributed by atoms with E-state index in [1.54, 1.807) is 0 Å². The molecule has 1 aliphatic heterocycles. The summed E-state index contributed by atoms with van der Waals surface area (Å²) in [4.78, 5) is 51.4. The highest BCUT2D eigenvalue weighted by atomic mass is 16.7. The fourth-order valence-electron chi connectivity index (χ4n) is 10.8. The number of esters is 3. The van der Waals surface area contributed by atoms with Crippen molar-refractivity contribution < 1.29 is 58.2 Å². The minimum absolute atomic E-state index is 0.0535. The number of rotatable bonds is 61. The number of carbonyl (C=O) groups is 4. The molecule has 484 valence electrons. The van der Waals surface area contributed by atoms with Crippen LogP contribution in [0, 0.1) is 0 Å². The molecule has 3 N–H and O–H groups in total. The van der Waals surface area contributed by atoms with E-state index in [2.05, 4.69) is 57.2 Å². The Bertz CT molecular complexity index is 1580. The maximum absolute atomic E-state index is 13.2. The van der Waals surface area contributed by atoms with Gasteiger partial charge in [-0.25, -0.2) is 4.79 Å². The third-order valence-electron chi connectivity index (χ3n) is 16.2. The molecule has 1 fully saturated rings. The van der Waals surface area contributed by atoms with Crippen molar-refractivity contribution in [1.82, 2.24) is 0 Å². The summed E-state index contributed by atoms with van der Waals surface area (Å²) in [6, 6.07) is 0. The summed E-state index contributed by atoms with van der Waals surface area (Å²) in [5.41, 5.74) is 0. The van der Waals surface area contributed by atoms with E-state index in [0.717, 1.165) is 77.0 Å². The molecule has 0 aromatic carbocycles. The minimum Gasteiger partial charge on any atom is -0.479 e. The highest BCUT2D eigenvalue weighted by Crippen LogP contribution is 2.27. The highest BCUT2D eigenvalue weighted by molar-refractivity contribution is 5.74. The van der Waals surface area contributed by atoms with E-state index >= 15 is 0 Å². The van der Waals surface area contributed by atoms with Gasteiger partial charge in [0, 0.05) is 19.3 Å². The monoisotopic (exact) mass is 1170 g/mol. The first-order valence-electron chi connectivity index (χ1n) is 35.0. The molecule has 1 heterocycles. The van der Waals surface area contributed by atoms with Gasteiger partial charge in [-0.3, -0.25) is 14.4 Å². The van der Waals surface area contributed by atoms with Gasteiger partial charge in [-0.05, 0) is 96.3 Å². The summed E-state index contributed by atoms with van der Waals surface area (Å²) in [5, 5.41) is 31.6. The van der Waals surface area contributed by atoms with Crippen LogP contribution < -0.4 is 0 Å². The molecular formula is C71H128O12. The van der Waals surface area contributed by atoms with Crippen molar-refractivity contribution in [3.8, 4) is 0 Å². The Morgan fingerprint density at radius 1 is 0.386 bits per heavy atom. The van der Waals surface area contributed by atoms with Gasteiger partial charge in [-0.2, -0.15) is 0 Å². The van der Waals surface area contributed by atoms with Crippen molar-refractivity contribution in [3.05, 3.63) is 36.5 Å². The molecule has 0 aromatic heterocycles. The van der Waals surface area contributed by atoms with Gasteiger partial charge in [0.25, 0.3) is 0 Å². The van der Waals surface area contributed by atoms with E-state index in [4.69, 9.17) is 23.7 Å². The van der Waals surface area contributed by atoms with E-state index in [1.165, 1.54) is 205 Å². The molecule has 0 amide bonds. The molecule has 12 nitrogen and oxygen atoms in total. The quantitative estimate of drug-likeness (QED) is 0.0228. The molecule has 0 aromatic rings. The molecule has 12 heteroatoms. The normalized spacial score (nSPS) is 17.7. The molecule has 1 rings (SSSR count). The van der Waals surface area contributed by atoms with Crippen LogP contribution in [0.4, 0.5) is 0 Å². The van der Waals surface area contributed by atoms with Crippen molar-refractivity contribution in [3.63, 3.8) is 0 Å². The van der Waals surface area contributed by atoms with Crippen LogP contribution in [0.5, 0.6) is 0 Å². The van der Waals surface area contributed by atoms with Crippen LogP contribution in [0.15, 0.2) is 36.5 Å². The number of carbonyl (C=O) groups excluding carboxylic acids is 3. The predicted molar refractivity (Wildman–Crippen MR) is 340 cm³/mol. The van der Waals surface area contributed by atoms with Gasteiger partial charge in [-0.1, -0.05) is 263 Å². The SMILES string of the molecule is CCCCCCCC/C=C\CCCCCCCCCCCC(=O)OCC(COC1OC(C(=O)O)C(O)C(O)C1OC(=O)CCCCCCC/C=C\CCCCCCCC)OC(=O)CCCCCCCCCCC/C=C\CCCCCCCC. The van der Waals surface area contributed by atoms with Crippen LogP contribution in [0.1, 0.15) is 342 Å². The van der Waals surface area contributed by atoms with Gasteiger partial charge in [-0.15, -0.1) is 0 Å². The average Bonchev–Trinajstić information content (AvgIpc) is 3.58. The number of ether oxygens (including phenoxy) is 5. The fourth-order valence-corrected chi connectivity index (χ4v) is 10.8. The highest BCUT2D eigenvalue weighted by Gasteiger charge is 2.50. The van der Waals surface area contributed by atoms with Gasteiger partial charge in [0.15, 0.2) is 24.6 Å². The van der Waals surface area contributed by atoms with E-state index in [1.807, 2.05) is 0 Å². The second-order valence-corrected chi connectivity index (χ2v) is 24.2. The molecule has 0 saturated carbocycles. The molecule has 0 aliphatic carbocycles. The number of aliphatic hydroxyl groups is 2. The van der Waals surface area contributed by atoms with Crippen molar-refractivity contribution in [2.45, 2.75) is 379 Å². The van der Waals surface area contributed by atoms with Crippen molar-refractivity contribution in [2.24, 2.45) is 0 Å². The molecule has 83 heavy (non-hydrogen) atoms. The third kappa shape index (κ3) is 48.7. The minimum atomic E-state index is -1.90. The molecule has 6 unspecified atom stereocenters. The lowest BCUT2D eigenvalue weighted by atomic mass is 9.98. The number of aliphatic carboxylic acids is 1. The first kappa shape index (κ1) is 78.0. The number of allylic oxidation sites excluding steroid dienone is 6. The molecule has 0 spiro atoms. The van der Waals surface area contributed by atoms with Crippen LogP contribution in [0.25, 0.3) is 0 Å². The first-order valence-corrected chi connectivity index (χ1v) is 35.0. The van der Waals surface area contributed by atoms with Crippen LogP contribution in [-0.2, 0) is 42.9 Å². The Kier molecular flexibility index (Phi) is 55.7. The van der Waals surface area contributed by atoms with Crippen LogP contribution in [0.3, 0.4) is 0 Å². The fraction of sp³-hybridized carbons (Fsp3) is 0.859. The number of aliphatic hydroxyl groups excluding tert-OH is 2. The Hall–Kier alpha value is -3.06. The second-order valence-electron chi connectivity index (χ2n) is 24.2. The molecule has 1 saturated heterocycles. The molecule has 1 aliphatic rings. The van der Waals surface area contributed by atoms with Gasteiger partial charge in [0.2, 0.25) is 0 Å². The summed E-state index contributed by atoms with van der Waals surface area (Å²) in [5.74, 6) is -3.10. The van der Waals surface area contributed by atoms with Crippen LogP contribution in [0.2, 0.25) is 0 Å². The largest absolute Gasteiger partial charge is 0.479 e. The number of unbranched alkanes of at least 4 members (excludes halogenated alkanes) is 41. The van der Waals surface area contributed by atoms with Crippen molar-refractivity contribution in [2.75, 3.05) is 13.2 Å². The molecule has 0 bridgehead atoms. The van der Waals surface area contributed by atoms with Crippen molar-refractivity contribution in [1.29, 1.82) is 0 Å². The maximum atomic E-state index is 13.2. The zero-order valence-corrected chi connectivity index (χ0v) is 53.7. The van der Waals surface area contributed by atoms with E-state index in [-0.39, 0.29) is 25.9 Å². The van der Waals surface area contributed by atoms with Gasteiger partial charge >= 0.3 is 23.9 Å². The van der Waals surface area contributed by atoms with Gasteiger partial charge in [0.1, 0.15) is 18.8 Å². The topological polar surface area (TPSA) is 175 Å². The lowest BCUT2D eigenvalue weighted by molar-refractivity contribution is -0.301. The van der Waals surface area contributed by atoms with E-state index in [0.29, 0.717) is 19.3 Å². The van der Waals surface area contributed by atoms with Crippen molar-refractivity contribution >= 4 is 23.9 Å². The number of carboxylic acids is 1. The van der Waals surface area contributed by atoms with Crippen LogP contribution >= 0.6 is 0 Å². The average molecular weight is 1170 g/mol.